The van der Waals surface area contributed by atoms with E-state index in [4.69, 9.17) is 11.6 Å². The van der Waals surface area contributed by atoms with Gasteiger partial charge >= 0.3 is 0 Å². The van der Waals surface area contributed by atoms with Gasteiger partial charge in [0, 0.05) is 18.7 Å². The van der Waals surface area contributed by atoms with Crippen molar-refractivity contribution >= 4 is 40.4 Å². The van der Waals surface area contributed by atoms with Crippen LogP contribution in [-0.4, -0.2) is 31.4 Å². The van der Waals surface area contributed by atoms with Crippen LogP contribution in [0.25, 0.3) is 0 Å². The summed E-state index contributed by atoms with van der Waals surface area (Å²) in [6.45, 7) is 4.27. The molecule has 0 unspecified atom stereocenters. The average molecular weight is 366 g/mol. The van der Waals surface area contributed by atoms with E-state index in [0.29, 0.717) is 27.7 Å². The highest BCUT2D eigenvalue weighted by molar-refractivity contribution is 7.12. The first kappa shape index (κ1) is 18.4. The lowest BCUT2D eigenvalue weighted by molar-refractivity contribution is 0.0952. The van der Waals surface area contributed by atoms with E-state index in [2.05, 4.69) is 22.9 Å². The van der Waals surface area contributed by atoms with Gasteiger partial charge in [0.1, 0.15) is 0 Å². The van der Waals surface area contributed by atoms with Gasteiger partial charge < -0.3 is 16.0 Å². The number of carbonyl (C=O) groups is 2. The zero-order valence-electron chi connectivity index (χ0n) is 13.4. The number of nitrogens with one attached hydrogen (secondary N) is 3. The van der Waals surface area contributed by atoms with E-state index in [1.807, 2.05) is 5.38 Å². The van der Waals surface area contributed by atoms with Crippen LogP contribution in [0.5, 0.6) is 0 Å². The maximum absolute atomic E-state index is 12.2. The maximum atomic E-state index is 12.2. The van der Waals surface area contributed by atoms with Crippen LogP contribution in [0.1, 0.15) is 33.4 Å². The zero-order chi connectivity index (χ0) is 17.4. The molecule has 2 amide bonds. The highest BCUT2D eigenvalue weighted by Gasteiger charge is 2.12. The molecule has 0 aliphatic heterocycles. The van der Waals surface area contributed by atoms with Gasteiger partial charge in [-0.05, 0) is 42.6 Å². The SMILES string of the molecule is CCCNCCNC(=O)c1ccc(Cl)c(NC(=O)c2cccs2)c1. The minimum atomic E-state index is -0.242. The molecule has 1 aromatic carbocycles. The minimum Gasteiger partial charge on any atom is -0.351 e. The Morgan fingerprint density at radius 1 is 1.12 bits per heavy atom. The van der Waals surface area contributed by atoms with Crippen molar-refractivity contribution in [3.05, 3.63) is 51.2 Å². The third kappa shape index (κ3) is 5.33. The molecule has 0 saturated heterocycles. The Labute approximate surface area is 150 Å². The Balaban J connectivity index is 1.97. The Morgan fingerprint density at radius 2 is 1.96 bits per heavy atom. The molecule has 5 nitrogen and oxygen atoms in total. The Morgan fingerprint density at radius 3 is 2.67 bits per heavy atom. The van der Waals surface area contributed by atoms with Crippen LogP contribution >= 0.6 is 22.9 Å². The van der Waals surface area contributed by atoms with Crippen molar-refractivity contribution < 1.29 is 9.59 Å². The summed E-state index contributed by atoms with van der Waals surface area (Å²) in [6.07, 6.45) is 1.05. The van der Waals surface area contributed by atoms with Crippen LogP contribution in [0.3, 0.4) is 0 Å². The first-order chi connectivity index (χ1) is 11.6. The number of carbonyl (C=O) groups excluding carboxylic acids is 2. The van der Waals surface area contributed by atoms with Crippen LogP contribution in [0.15, 0.2) is 35.7 Å². The number of halogens is 1. The monoisotopic (exact) mass is 365 g/mol. The number of hydrogen-bond donors (Lipinski definition) is 3. The average Bonchev–Trinajstić information content (AvgIpc) is 3.11. The van der Waals surface area contributed by atoms with Crippen LogP contribution in [0.4, 0.5) is 5.69 Å². The van der Waals surface area contributed by atoms with Crippen molar-refractivity contribution in [3.8, 4) is 0 Å². The van der Waals surface area contributed by atoms with Crippen molar-refractivity contribution in [1.82, 2.24) is 10.6 Å². The number of amides is 2. The summed E-state index contributed by atoms with van der Waals surface area (Å²) in [7, 11) is 0. The second-order valence-electron chi connectivity index (χ2n) is 5.13. The van der Waals surface area contributed by atoms with Crippen molar-refractivity contribution in [2.24, 2.45) is 0 Å². The molecule has 1 aromatic heterocycles. The third-order valence-electron chi connectivity index (χ3n) is 3.24. The fraction of sp³-hybridized carbons (Fsp3) is 0.294. The maximum Gasteiger partial charge on any atom is 0.265 e. The smallest absolute Gasteiger partial charge is 0.265 e. The molecule has 0 spiro atoms. The molecule has 0 saturated carbocycles. The van der Waals surface area contributed by atoms with E-state index in [-0.39, 0.29) is 11.8 Å². The van der Waals surface area contributed by atoms with E-state index in [9.17, 15) is 9.59 Å². The predicted octanol–water partition coefficient (Wildman–Crippen LogP) is 3.38. The normalized spacial score (nSPS) is 10.4. The van der Waals surface area contributed by atoms with Crippen LogP contribution in [0.2, 0.25) is 5.02 Å². The molecule has 0 fully saturated rings. The number of hydrogen-bond acceptors (Lipinski definition) is 4. The molecule has 7 heteroatoms. The molecule has 3 N–H and O–H groups in total. The van der Waals surface area contributed by atoms with Crippen molar-refractivity contribution in [2.45, 2.75) is 13.3 Å². The standard InChI is InChI=1S/C17H20ClN3O2S/c1-2-7-19-8-9-20-16(22)12-5-6-13(18)14(11-12)21-17(23)15-4-3-10-24-15/h3-6,10-11,19H,2,7-9H2,1H3,(H,20,22)(H,21,23). The molecule has 0 atom stereocenters. The molecule has 0 aliphatic carbocycles. The molecule has 24 heavy (non-hydrogen) atoms. The van der Waals surface area contributed by atoms with Gasteiger partial charge in [0.2, 0.25) is 0 Å². The van der Waals surface area contributed by atoms with Crippen LogP contribution in [0, 0.1) is 0 Å². The Kier molecular flexibility index (Phi) is 7.24. The van der Waals surface area contributed by atoms with Gasteiger partial charge in [0.05, 0.1) is 15.6 Å². The van der Waals surface area contributed by atoms with Gasteiger partial charge in [0.15, 0.2) is 0 Å². The molecule has 1 heterocycles. The lowest BCUT2D eigenvalue weighted by Crippen LogP contribution is -2.32. The zero-order valence-corrected chi connectivity index (χ0v) is 15.0. The summed E-state index contributed by atoms with van der Waals surface area (Å²) in [6, 6.07) is 8.36. The summed E-state index contributed by atoms with van der Waals surface area (Å²) in [4.78, 5) is 24.9. The highest BCUT2D eigenvalue weighted by atomic mass is 35.5. The molecule has 2 rings (SSSR count). The molecule has 2 aromatic rings. The number of rotatable bonds is 8. The summed E-state index contributed by atoms with van der Waals surface area (Å²) < 4.78 is 0. The second-order valence-corrected chi connectivity index (χ2v) is 6.49. The fourth-order valence-corrected chi connectivity index (χ4v) is 2.81. The first-order valence-corrected chi connectivity index (χ1v) is 9.01. The number of thiophene rings is 1. The van der Waals surface area contributed by atoms with Crippen LogP contribution in [-0.2, 0) is 0 Å². The van der Waals surface area contributed by atoms with Gasteiger partial charge in [-0.25, -0.2) is 0 Å². The van der Waals surface area contributed by atoms with Crippen molar-refractivity contribution in [2.75, 3.05) is 25.0 Å². The van der Waals surface area contributed by atoms with Gasteiger partial charge in [-0.1, -0.05) is 24.6 Å². The highest BCUT2D eigenvalue weighted by Crippen LogP contribution is 2.24. The van der Waals surface area contributed by atoms with E-state index < -0.39 is 0 Å². The lowest BCUT2D eigenvalue weighted by Gasteiger charge is -2.10. The topological polar surface area (TPSA) is 70.2 Å². The van der Waals surface area contributed by atoms with Gasteiger partial charge in [-0.3, -0.25) is 9.59 Å². The number of benzene rings is 1. The molecular weight excluding hydrogens is 346 g/mol. The summed E-state index contributed by atoms with van der Waals surface area (Å²) >= 11 is 7.46. The minimum absolute atomic E-state index is 0.198. The Bertz CT molecular complexity index is 689. The lowest BCUT2D eigenvalue weighted by atomic mass is 10.2. The summed E-state index contributed by atoms with van der Waals surface area (Å²) in [5.41, 5.74) is 0.878. The predicted molar refractivity (Wildman–Crippen MR) is 99.2 cm³/mol. The van der Waals surface area contributed by atoms with E-state index in [1.54, 1.807) is 30.3 Å². The summed E-state index contributed by atoms with van der Waals surface area (Å²) in [5.74, 6) is -0.440. The van der Waals surface area contributed by atoms with E-state index in [0.717, 1.165) is 19.5 Å². The molecule has 0 radical (unpaired) electrons. The van der Waals surface area contributed by atoms with Crippen molar-refractivity contribution in [3.63, 3.8) is 0 Å². The van der Waals surface area contributed by atoms with Gasteiger partial charge in [0.25, 0.3) is 11.8 Å². The van der Waals surface area contributed by atoms with Crippen LogP contribution < -0.4 is 16.0 Å². The molecule has 128 valence electrons. The molecular formula is C17H20ClN3O2S. The van der Waals surface area contributed by atoms with Crippen molar-refractivity contribution in [1.29, 1.82) is 0 Å². The van der Waals surface area contributed by atoms with Gasteiger partial charge in [-0.15, -0.1) is 11.3 Å². The largest absolute Gasteiger partial charge is 0.351 e. The number of anilines is 1. The quantitative estimate of drug-likeness (QED) is 0.628. The fourth-order valence-electron chi connectivity index (χ4n) is 2.02. The third-order valence-corrected chi connectivity index (χ3v) is 4.43. The van der Waals surface area contributed by atoms with Gasteiger partial charge in [-0.2, -0.15) is 0 Å². The van der Waals surface area contributed by atoms with E-state index in [1.165, 1.54) is 11.3 Å². The Hall–Kier alpha value is -1.89. The second kappa shape index (κ2) is 9.42. The van der Waals surface area contributed by atoms with E-state index >= 15 is 0 Å². The first-order valence-electron chi connectivity index (χ1n) is 7.75. The molecule has 0 aliphatic rings. The summed E-state index contributed by atoms with van der Waals surface area (Å²) in [5, 5.41) is 11.0. The molecule has 0 bridgehead atoms.